The minimum Gasteiger partial charge on any atom is -0.493 e. The van der Waals surface area contributed by atoms with Crippen molar-refractivity contribution in [3.63, 3.8) is 0 Å². The zero-order chi connectivity index (χ0) is 17.3. The minimum absolute atomic E-state index is 0.116. The normalized spacial score (nSPS) is 11.4. The van der Waals surface area contributed by atoms with Gasteiger partial charge in [-0.3, -0.25) is 9.36 Å². The van der Waals surface area contributed by atoms with E-state index < -0.39 is 5.97 Å². The molecule has 3 aromatic rings. The molecule has 0 spiro atoms. The molecule has 3 rings (SSSR count). The highest BCUT2D eigenvalue weighted by Gasteiger charge is 2.12. The molecule has 0 bridgehead atoms. The fourth-order valence-electron chi connectivity index (χ4n) is 2.50. The first-order valence-corrected chi connectivity index (χ1v) is 8.39. The molecule has 0 saturated carbocycles. The molecule has 2 aromatic heterocycles. The number of aliphatic carboxylic acids is 1. The first-order valence-electron chi connectivity index (χ1n) is 7.17. The lowest BCUT2D eigenvalue weighted by Crippen LogP contribution is -2.28. The van der Waals surface area contributed by atoms with Crippen LogP contribution in [-0.4, -0.2) is 20.7 Å². The van der Waals surface area contributed by atoms with Crippen LogP contribution in [-0.2, 0) is 18.4 Å². The molecule has 2 heterocycles. The Hall–Kier alpha value is -2.51. The van der Waals surface area contributed by atoms with Gasteiger partial charge >= 0.3 is 5.97 Å². The zero-order valence-electron chi connectivity index (χ0n) is 12.8. The van der Waals surface area contributed by atoms with Crippen LogP contribution in [0, 0.1) is 3.95 Å². The van der Waals surface area contributed by atoms with E-state index in [4.69, 9.17) is 17.3 Å². The van der Waals surface area contributed by atoms with Crippen molar-refractivity contribution in [2.45, 2.75) is 6.54 Å². The summed E-state index contributed by atoms with van der Waals surface area (Å²) < 4.78 is 3.58. The number of aromatic nitrogens is 2. The Bertz CT molecular complexity index is 1020. The van der Waals surface area contributed by atoms with E-state index in [-0.39, 0.29) is 12.4 Å². The van der Waals surface area contributed by atoms with E-state index in [0.717, 1.165) is 16.5 Å². The predicted molar refractivity (Wildman–Crippen MR) is 96.5 cm³/mol. The van der Waals surface area contributed by atoms with Gasteiger partial charge < -0.3 is 10.2 Å². The van der Waals surface area contributed by atoms with E-state index in [2.05, 4.69) is 0 Å². The summed E-state index contributed by atoms with van der Waals surface area (Å²) in [7, 11) is 1.99. The molecule has 2 N–H and O–H groups in total. The smallest absolute Gasteiger partial charge is 0.323 e. The van der Waals surface area contributed by atoms with E-state index in [1.165, 1.54) is 15.9 Å². The highest BCUT2D eigenvalue weighted by atomic mass is 32.1. The van der Waals surface area contributed by atoms with E-state index in [1.807, 2.05) is 54.2 Å². The maximum absolute atomic E-state index is 10.8. The van der Waals surface area contributed by atoms with Crippen molar-refractivity contribution in [1.82, 2.24) is 4.57 Å². The first kappa shape index (κ1) is 16.4. The van der Waals surface area contributed by atoms with Crippen LogP contribution in [0.5, 0.6) is 5.88 Å². The highest BCUT2D eigenvalue weighted by Crippen LogP contribution is 2.28. The number of carboxylic acid groups (broad SMARTS) is 1. The number of aromatic hydroxyl groups is 1. The Kier molecular flexibility index (Phi) is 4.46. The number of thiazole rings is 1. The van der Waals surface area contributed by atoms with Gasteiger partial charge in [0, 0.05) is 12.1 Å². The molecule has 0 aliphatic carbocycles. The molecule has 0 fully saturated rings. The van der Waals surface area contributed by atoms with E-state index >= 15 is 0 Å². The van der Waals surface area contributed by atoms with Crippen LogP contribution < -0.4 is 4.57 Å². The number of nitrogens with zero attached hydrogens (tertiary/aromatic N) is 2. The van der Waals surface area contributed by atoms with Gasteiger partial charge in [-0.1, -0.05) is 18.2 Å². The third-order valence-electron chi connectivity index (χ3n) is 3.67. The second-order valence-electron chi connectivity index (χ2n) is 5.27. The molecule has 24 heavy (non-hydrogen) atoms. The molecule has 0 atom stereocenters. The molecule has 122 valence electrons. The van der Waals surface area contributed by atoms with Crippen LogP contribution in [0.1, 0.15) is 10.4 Å². The fourth-order valence-corrected chi connectivity index (χ4v) is 3.70. The summed E-state index contributed by atoms with van der Waals surface area (Å²) in [5.74, 6) is -1.16. The zero-order valence-corrected chi connectivity index (χ0v) is 14.5. The van der Waals surface area contributed by atoms with Gasteiger partial charge in [-0.25, -0.2) is 4.57 Å². The highest BCUT2D eigenvalue weighted by molar-refractivity contribution is 7.73. The Morgan fingerprint density at radius 3 is 2.83 bits per heavy atom. The summed E-state index contributed by atoms with van der Waals surface area (Å²) in [6.45, 7) is -0.348. The van der Waals surface area contributed by atoms with Gasteiger partial charge in [-0.2, -0.15) is 0 Å². The monoisotopic (exact) mass is 359 g/mol. The van der Waals surface area contributed by atoms with Crippen LogP contribution in [0.4, 0.5) is 0 Å². The van der Waals surface area contributed by atoms with E-state index in [9.17, 15) is 9.90 Å². The average molecular weight is 359 g/mol. The van der Waals surface area contributed by atoms with Crippen molar-refractivity contribution in [2.24, 2.45) is 7.05 Å². The number of benzene rings is 1. The van der Waals surface area contributed by atoms with Crippen molar-refractivity contribution >= 4 is 52.6 Å². The Morgan fingerprint density at radius 2 is 2.08 bits per heavy atom. The van der Waals surface area contributed by atoms with Crippen molar-refractivity contribution in [3.8, 4) is 5.88 Å². The van der Waals surface area contributed by atoms with Crippen LogP contribution >= 0.6 is 23.6 Å². The number of aryl methyl sites for hydroxylation is 1. The van der Waals surface area contributed by atoms with Crippen LogP contribution in [0.15, 0.2) is 36.5 Å². The molecule has 0 aliphatic rings. The number of carboxylic acids is 1. The number of hydrogen-bond donors (Lipinski definition) is 2. The van der Waals surface area contributed by atoms with E-state index in [1.54, 1.807) is 6.08 Å². The lowest BCUT2D eigenvalue weighted by Gasteiger charge is -2.01. The predicted octanol–water partition coefficient (Wildman–Crippen LogP) is 3.22. The van der Waals surface area contributed by atoms with Crippen molar-refractivity contribution in [3.05, 3.63) is 50.9 Å². The summed E-state index contributed by atoms with van der Waals surface area (Å²) in [4.78, 5) is 11.4. The molecule has 0 unspecified atom stereocenters. The summed E-state index contributed by atoms with van der Waals surface area (Å²) in [6, 6.07) is 10.0. The molecule has 0 aliphatic heterocycles. The number of hydrogen-bond acceptors (Lipinski definition) is 4. The number of carbonyl (C=O) groups is 1. The van der Waals surface area contributed by atoms with Gasteiger partial charge in [-0.05, 0) is 29.9 Å². The van der Waals surface area contributed by atoms with Gasteiger partial charge in [0.05, 0.1) is 10.3 Å². The summed E-state index contributed by atoms with van der Waals surface area (Å²) in [6.07, 6.45) is 5.63. The fraction of sp³-hybridized carbons (Fsp3) is 0.118. The Labute approximate surface area is 147 Å². The first-order chi connectivity index (χ1) is 11.5. The second kappa shape index (κ2) is 6.54. The second-order valence-corrected chi connectivity index (χ2v) is 6.94. The molecule has 0 radical (unpaired) electrons. The molecule has 1 aromatic carbocycles. The van der Waals surface area contributed by atoms with Gasteiger partial charge in [0.15, 0.2) is 10.2 Å². The number of rotatable bonds is 4. The van der Waals surface area contributed by atoms with Crippen molar-refractivity contribution in [1.29, 1.82) is 0 Å². The molecule has 0 saturated heterocycles. The number of para-hydroxylation sites is 1. The third-order valence-corrected chi connectivity index (χ3v) is 5.08. The quantitative estimate of drug-likeness (QED) is 0.554. The van der Waals surface area contributed by atoms with E-state index in [0.29, 0.717) is 8.83 Å². The van der Waals surface area contributed by atoms with Crippen molar-refractivity contribution < 1.29 is 19.6 Å². The molecular formula is C17H15N2O3S2+. The maximum Gasteiger partial charge on any atom is 0.323 e. The lowest BCUT2D eigenvalue weighted by atomic mass is 10.1. The van der Waals surface area contributed by atoms with Gasteiger partial charge in [0.2, 0.25) is 11.4 Å². The molecular weight excluding hydrogens is 344 g/mol. The molecule has 7 heteroatoms. The third kappa shape index (κ3) is 3.08. The SMILES string of the molecule is C[n+]1ccc(C=Cc2sc(=S)n(CC(=O)O)c2O)c2ccccc21. The maximum atomic E-state index is 10.8. The summed E-state index contributed by atoms with van der Waals surface area (Å²) in [5, 5.41) is 20.2. The minimum atomic E-state index is -1.05. The average Bonchev–Trinajstić information content (AvgIpc) is 2.82. The Morgan fingerprint density at radius 1 is 1.33 bits per heavy atom. The summed E-state index contributed by atoms with van der Waals surface area (Å²) in [5.41, 5.74) is 2.10. The summed E-state index contributed by atoms with van der Waals surface area (Å²) >= 11 is 6.31. The molecule has 0 amide bonds. The largest absolute Gasteiger partial charge is 0.493 e. The van der Waals surface area contributed by atoms with Gasteiger partial charge in [0.25, 0.3) is 0 Å². The Balaban J connectivity index is 2.02. The van der Waals surface area contributed by atoms with Crippen molar-refractivity contribution in [2.75, 3.05) is 0 Å². The van der Waals surface area contributed by atoms with Gasteiger partial charge in [-0.15, -0.1) is 11.3 Å². The van der Waals surface area contributed by atoms with Crippen LogP contribution in [0.25, 0.3) is 23.1 Å². The number of pyridine rings is 1. The topological polar surface area (TPSA) is 66.3 Å². The van der Waals surface area contributed by atoms with Crippen LogP contribution in [0.3, 0.4) is 0 Å². The van der Waals surface area contributed by atoms with Gasteiger partial charge in [0.1, 0.15) is 13.6 Å². The standard InChI is InChI=1S/C17H14N2O3S2/c1-18-9-8-11(12-4-2-3-5-13(12)18)6-7-14-16(22)19(10-15(20)21)17(23)24-14/h2-9H,10H2,1H3,(H,20,21)/p+1. The lowest BCUT2D eigenvalue weighted by molar-refractivity contribution is -0.644. The number of fused-ring (bicyclic) bond motifs is 1. The van der Waals surface area contributed by atoms with Crippen LogP contribution in [0.2, 0.25) is 0 Å². The molecule has 5 nitrogen and oxygen atoms in total.